The van der Waals surface area contributed by atoms with Crippen LogP contribution in [0.2, 0.25) is 0 Å². The Balaban J connectivity index is 2.27. The molecule has 1 aromatic rings. The van der Waals surface area contributed by atoms with Crippen molar-refractivity contribution in [1.82, 2.24) is 0 Å². The van der Waals surface area contributed by atoms with E-state index in [-0.39, 0.29) is 5.92 Å². The molecule has 1 fully saturated rings. The Labute approximate surface area is 79.2 Å². The predicted octanol–water partition coefficient (Wildman–Crippen LogP) is 2.34. The van der Waals surface area contributed by atoms with Crippen molar-refractivity contribution in [3.05, 3.63) is 35.1 Å². The van der Waals surface area contributed by atoms with Crippen molar-refractivity contribution in [2.75, 3.05) is 0 Å². The number of rotatable bonds is 1. The smallest absolute Gasteiger partial charge is 0.194 e. The highest BCUT2D eigenvalue weighted by Crippen LogP contribution is 2.37. The van der Waals surface area contributed by atoms with Gasteiger partial charge in [0.15, 0.2) is 17.5 Å². The molecule has 1 aliphatic carbocycles. The van der Waals surface area contributed by atoms with Gasteiger partial charge in [0.2, 0.25) is 0 Å². The lowest BCUT2D eigenvalue weighted by Crippen LogP contribution is -2.26. The van der Waals surface area contributed by atoms with Gasteiger partial charge in [-0.15, -0.1) is 0 Å². The second-order valence-corrected chi connectivity index (χ2v) is 3.62. The maximum atomic E-state index is 12.8. The molecule has 0 radical (unpaired) electrons. The van der Waals surface area contributed by atoms with Crippen LogP contribution in [0.15, 0.2) is 12.1 Å². The van der Waals surface area contributed by atoms with Gasteiger partial charge in [0.25, 0.3) is 0 Å². The molecule has 0 atom stereocenters. The summed E-state index contributed by atoms with van der Waals surface area (Å²) in [5.74, 6) is -3.81. The molecule has 1 aliphatic rings. The van der Waals surface area contributed by atoms with Crippen molar-refractivity contribution in [2.45, 2.75) is 24.9 Å². The lowest BCUT2D eigenvalue weighted by Gasteiger charge is -2.31. The second-order valence-electron chi connectivity index (χ2n) is 3.62. The van der Waals surface area contributed by atoms with Gasteiger partial charge < -0.3 is 5.11 Å². The van der Waals surface area contributed by atoms with Crippen molar-refractivity contribution in [3.63, 3.8) is 0 Å². The lowest BCUT2D eigenvalue weighted by atomic mass is 9.77. The Bertz CT molecular complexity index is 335. The van der Waals surface area contributed by atoms with Gasteiger partial charge in [0, 0.05) is 0 Å². The van der Waals surface area contributed by atoms with E-state index in [0.717, 1.165) is 12.1 Å². The van der Waals surface area contributed by atoms with Gasteiger partial charge in [-0.05, 0) is 36.5 Å². The molecule has 0 aliphatic heterocycles. The molecule has 4 heteroatoms. The quantitative estimate of drug-likeness (QED) is 0.693. The molecule has 1 nitrogen and oxygen atoms in total. The van der Waals surface area contributed by atoms with E-state index >= 15 is 0 Å². The molecule has 0 unspecified atom stereocenters. The summed E-state index contributed by atoms with van der Waals surface area (Å²) in [6.07, 6.45) is 0.589. The molecule has 0 spiro atoms. The fourth-order valence-corrected chi connectivity index (χ4v) is 1.67. The Morgan fingerprint density at radius 3 is 2.00 bits per heavy atom. The van der Waals surface area contributed by atoms with Crippen molar-refractivity contribution < 1.29 is 18.3 Å². The van der Waals surface area contributed by atoms with Crippen LogP contribution in [0.25, 0.3) is 0 Å². The average Bonchev–Trinajstić information content (AvgIpc) is 2.08. The predicted molar refractivity (Wildman–Crippen MR) is 44.3 cm³/mol. The maximum absolute atomic E-state index is 12.8. The normalized spacial score (nSPS) is 26.0. The van der Waals surface area contributed by atoms with Gasteiger partial charge in [-0.2, -0.15) is 0 Å². The summed E-state index contributed by atoms with van der Waals surface area (Å²) in [6.45, 7) is 0. The monoisotopic (exact) mass is 202 g/mol. The van der Waals surface area contributed by atoms with Gasteiger partial charge in [0.1, 0.15) is 0 Å². The molecule has 14 heavy (non-hydrogen) atoms. The van der Waals surface area contributed by atoms with Crippen LogP contribution in [0.4, 0.5) is 13.2 Å². The summed E-state index contributed by atoms with van der Waals surface area (Å²) in [5.41, 5.74) is 0.423. The van der Waals surface area contributed by atoms with Crippen molar-refractivity contribution in [1.29, 1.82) is 0 Å². The zero-order valence-corrected chi connectivity index (χ0v) is 7.30. The van der Waals surface area contributed by atoms with Gasteiger partial charge in [-0.1, -0.05) is 0 Å². The van der Waals surface area contributed by atoms with E-state index in [1.807, 2.05) is 0 Å². The van der Waals surface area contributed by atoms with Crippen molar-refractivity contribution >= 4 is 0 Å². The van der Waals surface area contributed by atoms with Crippen molar-refractivity contribution in [3.8, 4) is 0 Å². The number of halogens is 3. The summed E-state index contributed by atoms with van der Waals surface area (Å²) in [6, 6.07) is 1.99. The largest absolute Gasteiger partial charge is 0.393 e. The minimum Gasteiger partial charge on any atom is -0.393 e. The average molecular weight is 202 g/mol. The Kier molecular flexibility index (Phi) is 2.23. The van der Waals surface area contributed by atoms with E-state index in [4.69, 9.17) is 5.11 Å². The van der Waals surface area contributed by atoms with Crippen LogP contribution in [-0.2, 0) is 0 Å². The highest BCUT2D eigenvalue weighted by Gasteiger charge is 2.29. The van der Waals surface area contributed by atoms with E-state index in [0.29, 0.717) is 18.4 Å². The van der Waals surface area contributed by atoms with Crippen LogP contribution >= 0.6 is 0 Å². The highest BCUT2D eigenvalue weighted by atomic mass is 19.2. The van der Waals surface area contributed by atoms with Crippen LogP contribution in [0.1, 0.15) is 24.3 Å². The van der Waals surface area contributed by atoms with Gasteiger partial charge in [-0.3, -0.25) is 0 Å². The first-order valence-electron chi connectivity index (χ1n) is 4.40. The molecule has 0 aromatic heterocycles. The molecule has 0 heterocycles. The first kappa shape index (κ1) is 9.52. The van der Waals surface area contributed by atoms with E-state index in [1.54, 1.807) is 0 Å². The zero-order valence-electron chi connectivity index (χ0n) is 7.30. The van der Waals surface area contributed by atoms with Crippen LogP contribution < -0.4 is 0 Å². The van der Waals surface area contributed by atoms with Crippen LogP contribution in [0.3, 0.4) is 0 Å². The van der Waals surface area contributed by atoms with E-state index in [9.17, 15) is 13.2 Å². The fourth-order valence-electron chi connectivity index (χ4n) is 1.67. The zero-order chi connectivity index (χ0) is 10.3. The van der Waals surface area contributed by atoms with Crippen LogP contribution in [-0.4, -0.2) is 11.2 Å². The highest BCUT2D eigenvalue weighted by molar-refractivity contribution is 5.25. The molecular formula is C10H9F3O. The maximum Gasteiger partial charge on any atom is 0.194 e. The molecule has 0 bridgehead atoms. The number of aliphatic hydroxyl groups is 1. The molecule has 0 saturated heterocycles. The summed E-state index contributed by atoms with van der Waals surface area (Å²) < 4.78 is 38.1. The van der Waals surface area contributed by atoms with Crippen LogP contribution in [0, 0.1) is 17.5 Å². The van der Waals surface area contributed by atoms with Crippen molar-refractivity contribution in [2.24, 2.45) is 0 Å². The summed E-state index contributed by atoms with van der Waals surface area (Å²) in [7, 11) is 0. The van der Waals surface area contributed by atoms with E-state index in [1.165, 1.54) is 0 Å². The Morgan fingerprint density at radius 2 is 1.57 bits per heavy atom. The first-order chi connectivity index (χ1) is 6.58. The molecule has 2 rings (SSSR count). The fraction of sp³-hybridized carbons (Fsp3) is 0.400. The first-order valence-corrected chi connectivity index (χ1v) is 4.40. The van der Waals surface area contributed by atoms with Gasteiger partial charge >= 0.3 is 0 Å². The number of hydrogen-bond donors (Lipinski definition) is 1. The second kappa shape index (κ2) is 3.28. The molecule has 1 saturated carbocycles. The lowest BCUT2D eigenvalue weighted by molar-refractivity contribution is 0.0743. The Morgan fingerprint density at radius 1 is 1.07 bits per heavy atom. The number of aliphatic hydroxyl groups excluding tert-OH is 1. The van der Waals surface area contributed by atoms with Gasteiger partial charge in [0.05, 0.1) is 6.10 Å². The Hall–Kier alpha value is -1.03. The molecule has 1 aromatic carbocycles. The summed E-state index contributed by atoms with van der Waals surface area (Å²) >= 11 is 0. The number of benzene rings is 1. The van der Waals surface area contributed by atoms with E-state index < -0.39 is 23.6 Å². The SMILES string of the molecule is OC1CC(c2cc(F)c(F)c(F)c2)C1. The standard InChI is InChI=1S/C10H9F3O/c11-8-3-6(4-9(12)10(8)13)5-1-7(14)2-5/h3-5,7,14H,1-2H2. The minimum atomic E-state index is -1.44. The summed E-state index contributed by atoms with van der Waals surface area (Å²) in [5, 5.41) is 9.01. The number of hydrogen-bond acceptors (Lipinski definition) is 1. The topological polar surface area (TPSA) is 20.2 Å². The molecular weight excluding hydrogens is 193 g/mol. The third-order valence-electron chi connectivity index (χ3n) is 2.59. The van der Waals surface area contributed by atoms with Crippen LogP contribution in [0.5, 0.6) is 0 Å². The van der Waals surface area contributed by atoms with E-state index in [2.05, 4.69) is 0 Å². The summed E-state index contributed by atoms with van der Waals surface area (Å²) in [4.78, 5) is 0. The minimum absolute atomic E-state index is 0.0467. The molecule has 0 amide bonds. The third-order valence-corrected chi connectivity index (χ3v) is 2.59. The van der Waals surface area contributed by atoms with Gasteiger partial charge in [-0.25, -0.2) is 13.2 Å². The third kappa shape index (κ3) is 1.50. The molecule has 1 N–H and O–H groups in total. The molecule has 76 valence electrons.